The van der Waals surface area contributed by atoms with Gasteiger partial charge >= 0.3 is 0 Å². The maximum absolute atomic E-state index is 10.8. The zero-order chi connectivity index (χ0) is 9.26. The quantitative estimate of drug-likeness (QED) is 0.691. The number of carbonyl (C=O) groups excluding carboxylic acids is 1. The van der Waals surface area contributed by atoms with Gasteiger partial charge in [0.2, 0.25) is 0 Å². The number of carbonyl (C=O) groups is 1. The van der Waals surface area contributed by atoms with Gasteiger partial charge in [0.1, 0.15) is 5.69 Å². The Bertz CT molecular complexity index is 467. The van der Waals surface area contributed by atoms with E-state index in [9.17, 15) is 4.79 Å². The number of primary amides is 1. The standard InChI is InChI=1S/C9H7N3O/c10-9(13)8-4-7-6(5-12-8)2-1-3-11-7/h1-5H,(H2,10,13). The van der Waals surface area contributed by atoms with Gasteiger partial charge < -0.3 is 5.73 Å². The molecule has 2 aromatic rings. The molecule has 0 radical (unpaired) electrons. The van der Waals surface area contributed by atoms with Crippen LogP contribution in [-0.4, -0.2) is 15.9 Å². The third-order valence-electron chi connectivity index (χ3n) is 1.74. The molecule has 13 heavy (non-hydrogen) atoms. The van der Waals surface area contributed by atoms with Crippen LogP contribution in [0.1, 0.15) is 10.5 Å². The smallest absolute Gasteiger partial charge is 0.267 e. The van der Waals surface area contributed by atoms with Crippen molar-refractivity contribution in [3.05, 3.63) is 36.3 Å². The first-order valence-electron chi connectivity index (χ1n) is 3.78. The van der Waals surface area contributed by atoms with Crippen LogP contribution < -0.4 is 5.73 Å². The number of nitrogens with zero attached hydrogens (tertiary/aromatic N) is 2. The van der Waals surface area contributed by atoms with E-state index in [-0.39, 0.29) is 5.69 Å². The number of nitrogens with two attached hydrogens (primary N) is 1. The Hall–Kier alpha value is -1.97. The fourth-order valence-corrected chi connectivity index (χ4v) is 1.10. The number of fused-ring (bicyclic) bond motifs is 1. The molecule has 0 bridgehead atoms. The summed E-state index contributed by atoms with van der Waals surface area (Å²) in [6.07, 6.45) is 3.25. The lowest BCUT2D eigenvalue weighted by Gasteiger charge is -1.97. The molecule has 0 aliphatic heterocycles. The Morgan fingerprint density at radius 1 is 1.38 bits per heavy atom. The minimum Gasteiger partial charge on any atom is -0.364 e. The molecule has 2 aromatic heterocycles. The number of hydrogen-bond donors (Lipinski definition) is 1. The van der Waals surface area contributed by atoms with Gasteiger partial charge in [-0.1, -0.05) is 0 Å². The van der Waals surface area contributed by atoms with Crippen molar-refractivity contribution in [2.75, 3.05) is 0 Å². The second kappa shape index (κ2) is 2.82. The molecule has 0 saturated carbocycles. The summed E-state index contributed by atoms with van der Waals surface area (Å²) in [5, 5.41) is 0.896. The highest BCUT2D eigenvalue weighted by molar-refractivity contribution is 5.94. The average Bonchev–Trinajstić information content (AvgIpc) is 2.17. The fourth-order valence-electron chi connectivity index (χ4n) is 1.10. The van der Waals surface area contributed by atoms with Crippen molar-refractivity contribution in [3.63, 3.8) is 0 Å². The van der Waals surface area contributed by atoms with Crippen molar-refractivity contribution >= 4 is 16.8 Å². The van der Waals surface area contributed by atoms with Gasteiger partial charge in [0.25, 0.3) is 5.91 Å². The summed E-state index contributed by atoms with van der Waals surface area (Å²) < 4.78 is 0. The highest BCUT2D eigenvalue weighted by atomic mass is 16.1. The maximum Gasteiger partial charge on any atom is 0.267 e. The van der Waals surface area contributed by atoms with Crippen molar-refractivity contribution < 1.29 is 4.79 Å². The highest BCUT2D eigenvalue weighted by Crippen LogP contribution is 2.09. The van der Waals surface area contributed by atoms with Crippen molar-refractivity contribution in [1.29, 1.82) is 0 Å². The van der Waals surface area contributed by atoms with E-state index in [4.69, 9.17) is 5.73 Å². The molecule has 0 saturated heterocycles. The predicted molar refractivity (Wildman–Crippen MR) is 48.1 cm³/mol. The summed E-state index contributed by atoms with van der Waals surface area (Å²) in [7, 11) is 0. The van der Waals surface area contributed by atoms with Gasteiger partial charge in [-0.25, -0.2) is 0 Å². The second-order valence-corrected chi connectivity index (χ2v) is 2.63. The molecule has 4 heteroatoms. The summed E-state index contributed by atoms with van der Waals surface area (Å²) in [4.78, 5) is 18.7. The summed E-state index contributed by atoms with van der Waals surface area (Å²) in [5.41, 5.74) is 6.05. The van der Waals surface area contributed by atoms with Crippen LogP contribution in [0.3, 0.4) is 0 Å². The molecule has 2 heterocycles. The van der Waals surface area contributed by atoms with Gasteiger partial charge in [-0.3, -0.25) is 14.8 Å². The molecular formula is C9H7N3O. The normalized spacial score (nSPS) is 10.2. The number of amides is 1. The molecule has 0 unspecified atom stereocenters. The predicted octanol–water partition coefficient (Wildman–Crippen LogP) is 0.729. The molecule has 0 spiro atoms. The van der Waals surface area contributed by atoms with Crippen molar-refractivity contribution in [2.24, 2.45) is 5.73 Å². The van der Waals surface area contributed by atoms with E-state index in [2.05, 4.69) is 9.97 Å². The minimum atomic E-state index is -0.535. The fraction of sp³-hybridized carbons (Fsp3) is 0. The number of aromatic nitrogens is 2. The Labute approximate surface area is 74.4 Å². The van der Waals surface area contributed by atoms with Crippen LogP contribution in [0.2, 0.25) is 0 Å². The molecule has 0 aliphatic rings. The first-order chi connectivity index (χ1) is 6.27. The Morgan fingerprint density at radius 2 is 2.23 bits per heavy atom. The average molecular weight is 173 g/mol. The lowest BCUT2D eigenvalue weighted by molar-refractivity contribution is 0.0996. The maximum atomic E-state index is 10.8. The third-order valence-corrected chi connectivity index (χ3v) is 1.74. The lowest BCUT2D eigenvalue weighted by atomic mass is 10.2. The van der Waals surface area contributed by atoms with E-state index in [0.29, 0.717) is 0 Å². The first kappa shape index (κ1) is 7.67. The van der Waals surface area contributed by atoms with Gasteiger partial charge in [-0.2, -0.15) is 0 Å². The molecular weight excluding hydrogens is 166 g/mol. The zero-order valence-corrected chi connectivity index (χ0v) is 6.77. The van der Waals surface area contributed by atoms with E-state index < -0.39 is 5.91 Å². The minimum absolute atomic E-state index is 0.242. The van der Waals surface area contributed by atoms with Crippen LogP contribution >= 0.6 is 0 Å². The van der Waals surface area contributed by atoms with Crippen molar-refractivity contribution in [2.45, 2.75) is 0 Å². The van der Waals surface area contributed by atoms with Crippen LogP contribution in [-0.2, 0) is 0 Å². The Balaban J connectivity index is 2.69. The van der Waals surface area contributed by atoms with Crippen LogP contribution in [0.5, 0.6) is 0 Å². The number of rotatable bonds is 1. The van der Waals surface area contributed by atoms with Crippen LogP contribution in [0.25, 0.3) is 10.9 Å². The van der Waals surface area contributed by atoms with Crippen LogP contribution in [0, 0.1) is 0 Å². The topological polar surface area (TPSA) is 68.9 Å². The molecule has 0 aliphatic carbocycles. The largest absolute Gasteiger partial charge is 0.364 e. The molecule has 1 amide bonds. The second-order valence-electron chi connectivity index (χ2n) is 2.63. The third kappa shape index (κ3) is 1.33. The zero-order valence-electron chi connectivity index (χ0n) is 6.77. The Morgan fingerprint density at radius 3 is 3.00 bits per heavy atom. The first-order valence-corrected chi connectivity index (χ1v) is 3.78. The molecule has 4 nitrogen and oxygen atoms in total. The molecule has 2 rings (SSSR count). The number of pyridine rings is 2. The molecule has 0 atom stereocenters. The number of hydrogen-bond acceptors (Lipinski definition) is 3. The van der Waals surface area contributed by atoms with E-state index in [1.54, 1.807) is 18.5 Å². The van der Waals surface area contributed by atoms with Crippen LogP contribution in [0.4, 0.5) is 0 Å². The SMILES string of the molecule is NC(=O)c1cc2ncccc2cn1. The summed E-state index contributed by atoms with van der Waals surface area (Å²) >= 11 is 0. The summed E-state index contributed by atoms with van der Waals surface area (Å²) in [5.74, 6) is -0.535. The lowest BCUT2D eigenvalue weighted by Crippen LogP contribution is -2.12. The van der Waals surface area contributed by atoms with Gasteiger partial charge in [0.05, 0.1) is 5.52 Å². The van der Waals surface area contributed by atoms with Crippen molar-refractivity contribution in [1.82, 2.24) is 9.97 Å². The monoisotopic (exact) mass is 173 g/mol. The van der Waals surface area contributed by atoms with E-state index in [0.717, 1.165) is 10.9 Å². The van der Waals surface area contributed by atoms with Gasteiger partial charge in [0.15, 0.2) is 0 Å². The molecule has 2 N–H and O–H groups in total. The Kier molecular flexibility index (Phi) is 1.66. The van der Waals surface area contributed by atoms with Gasteiger partial charge in [-0.05, 0) is 18.2 Å². The molecule has 0 aromatic carbocycles. The van der Waals surface area contributed by atoms with E-state index >= 15 is 0 Å². The molecule has 64 valence electrons. The summed E-state index contributed by atoms with van der Waals surface area (Å²) in [6.45, 7) is 0. The summed E-state index contributed by atoms with van der Waals surface area (Å²) in [6, 6.07) is 5.27. The van der Waals surface area contributed by atoms with Crippen LogP contribution in [0.15, 0.2) is 30.6 Å². The highest BCUT2D eigenvalue weighted by Gasteiger charge is 2.02. The van der Waals surface area contributed by atoms with Gasteiger partial charge in [-0.15, -0.1) is 0 Å². The van der Waals surface area contributed by atoms with Gasteiger partial charge in [0, 0.05) is 17.8 Å². The van der Waals surface area contributed by atoms with Crippen molar-refractivity contribution in [3.8, 4) is 0 Å². The van der Waals surface area contributed by atoms with E-state index in [1.165, 1.54) is 0 Å². The molecule has 0 fully saturated rings. The van der Waals surface area contributed by atoms with E-state index in [1.807, 2.05) is 12.1 Å².